The van der Waals surface area contributed by atoms with E-state index in [9.17, 15) is 19.5 Å². The van der Waals surface area contributed by atoms with Crippen LogP contribution in [0.5, 0.6) is 0 Å². The predicted molar refractivity (Wildman–Crippen MR) is 401 cm³/mol. The van der Waals surface area contributed by atoms with Crippen LogP contribution in [0.25, 0.3) is 0 Å². The van der Waals surface area contributed by atoms with E-state index in [1.807, 2.05) is 21.1 Å². The van der Waals surface area contributed by atoms with Crippen molar-refractivity contribution in [3.8, 4) is 0 Å². The normalized spacial score (nSPS) is 13.3. The van der Waals surface area contributed by atoms with Crippen LogP contribution in [0.4, 0.5) is 0 Å². The van der Waals surface area contributed by atoms with Gasteiger partial charge in [0.2, 0.25) is 0 Å². The van der Waals surface area contributed by atoms with Crippen LogP contribution in [0.15, 0.2) is 122 Å². The quantitative estimate of drug-likeness (QED) is 0.0211. The molecule has 0 fully saturated rings. The number of nitrogens with zero attached hydrogens (tertiary/aromatic N) is 1. The van der Waals surface area contributed by atoms with Crippen LogP contribution in [0.2, 0.25) is 0 Å². The van der Waals surface area contributed by atoms with Crippen LogP contribution >= 0.6 is 0 Å². The van der Waals surface area contributed by atoms with Crippen molar-refractivity contribution in [3.05, 3.63) is 122 Å². The summed E-state index contributed by atoms with van der Waals surface area (Å²) >= 11 is 0. The molecule has 0 radical (unpaired) electrons. The summed E-state index contributed by atoms with van der Waals surface area (Å²) in [6.07, 6.45) is 102. The van der Waals surface area contributed by atoms with E-state index in [4.69, 9.17) is 18.9 Å². The van der Waals surface area contributed by atoms with E-state index in [-0.39, 0.29) is 32.2 Å². The number of hydrogen-bond acceptors (Lipinski definition) is 7. The zero-order chi connectivity index (χ0) is 67.5. The fourth-order valence-electron chi connectivity index (χ4n) is 10.8. The summed E-state index contributed by atoms with van der Waals surface area (Å²) in [5.74, 6) is -1.99. The Balaban J connectivity index is 4.07. The molecule has 93 heavy (non-hydrogen) atoms. The molecule has 1 N–H and O–H groups in total. The molecule has 0 aromatic rings. The van der Waals surface area contributed by atoms with Crippen LogP contribution in [0.3, 0.4) is 0 Å². The van der Waals surface area contributed by atoms with Gasteiger partial charge < -0.3 is 28.5 Å². The average Bonchev–Trinajstić information content (AvgIpc) is 3.38. The van der Waals surface area contributed by atoms with Gasteiger partial charge in [-0.15, -0.1) is 0 Å². The molecule has 0 spiro atoms. The summed E-state index contributed by atoms with van der Waals surface area (Å²) in [5, 5.41) is 9.77. The number of carboxylic acid groups (broad SMARTS) is 1. The van der Waals surface area contributed by atoms with Gasteiger partial charge in [-0.05, 0) is 109 Å². The highest BCUT2D eigenvalue weighted by molar-refractivity contribution is 5.71. The van der Waals surface area contributed by atoms with E-state index in [1.165, 1.54) is 212 Å². The lowest BCUT2D eigenvalue weighted by molar-refractivity contribution is -0.870. The van der Waals surface area contributed by atoms with E-state index in [0.717, 1.165) is 96.3 Å². The number of esters is 2. The van der Waals surface area contributed by atoms with Gasteiger partial charge in [-0.3, -0.25) is 9.59 Å². The Morgan fingerprint density at radius 2 is 0.613 bits per heavy atom. The fourth-order valence-corrected chi connectivity index (χ4v) is 10.8. The SMILES string of the molecule is CC/C=C\C/C=C\C/C=C\C/C=C\C/C=C\C/C=C\C/C=C\C/C=C\CCCCCCCCCCCCCCCCC(=O)OC(COC(=O)CCCCCCCCCCCCCCCCCCC/C=C\C/C=C\CCCCCCC)COC(OCC[N+](C)(C)C)C(=O)O. The molecule has 0 heterocycles. The number of hydrogen-bond donors (Lipinski definition) is 1. The van der Waals surface area contributed by atoms with Crippen molar-refractivity contribution < 1.29 is 42.9 Å². The van der Waals surface area contributed by atoms with Crippen molar-refractivity contribution in [1.29, 1.82) is 0 Å². The van der Waals surface area contributed by atoms with Gasteiger partial charge >= 0.3 is 17.9 Å². The minimum atomic E-state index is -1.52. The Kier molecular flexibility index (Phi) is 70.1. The second-order valence-corrected chi connectivity index (χ2v) is 26.9. The van der Waals surface area contributed by atoms with E-state index in [2.05, 4.69) is 135 Å². The van der Waals surface area contributed by atoms with Crippen molar-refractivity contribution in [1.82, 2.24) is 0 Å². The lowest BCUT2D eigenvalue weighted by atomic mass is 10.0. The number of carboxylic acids is 1. The zero-order valence-electron chi connectivity index (χ0n) is 61.1. The molecule has 0 saturated carbocycles. The second-order valence-electron chi connectivity index (χ2n) is 26.9. The Labute approximate surface area is 574 Å². The maximum absolute atomic E-state index is 13.0. The summed E-state index contributed by atoms with van der Waals surface area (Å²) in [6, 6.07) is 0. The van der Waals surface area contributed by atoms with Crippen molar-refractivity contribution >= 4 is 17.9 Å². The maximum atomic E-state index is 13.0. The molecule has 0 aliphatic carbocycles. The zero-order valence-corrected chi connectivity index (χ0v) is 61.1. The lowest BCUT2D eigenvalue weighted by Crippen LogP contribution is -2.40. The number of carbonyl (C=O) groups excluding carboxylic acids is 2. The first kappa shape index (κ1) is 88.7. The largest absolute Gasteiger partial charge is 0.477 e. The summed E-state index contributed by atoms with van der Waals surface area (Å²) in [5.41, 5.74) is 0. The molecule has 0 amide bonds. The molecule has 9 heteroatoms. The van der Waals surface area contributed by atoms with Crippen LogP contribution in [0.1, 0.15) is 335 Å². The number of unbranched alkanes of at least 4 members (excludes halogenated alkanes) is 36. The number of quaternary nitrogens is 1. The van der Waals surface area contributed by atoms with Crippen molar-refractivity contribution in [2.45, 2.75) is 347 Å². The third-order valence-electron chi connectivity index (χ3n) is 16.7. The second kappa shape index (κ2) is 73.5. The summed E-state index contributed by atoms with van der Waals surface area (Å²) in [6.45, 7) is 4.78. The van der Waals surface area contributed by atoms with Crippen LogP contribution in [-0.2, 0) is 33.3 Å². The van der Waals surface area contributed by atoms with Gasteiger partial charge in [-0.1, -0.05) is 334 Å². The van der Waals surface area contributed by atoms with Gasteiger partial charge in [-0.2, -0.15) is 0 Å². The first-order valence-electron chi connectivity index (χ1n) is 38.7. The highest BCUT2D eigenvalue weighted by atomic mass is 16.7. The molecular formula is C84H146NO8+. The third kappa shape index (κ3) is 74.9. The highest BCUT2D eigenvalue weighted by Gasteiger charge is 2.25. The van der Waals surface area contributed by atoms with Gasteiger partial charge in [-0.25, -0.2) is 4.79 Å². The van der Waals surface area contributed by atoms with Crippen molar-refractivity contribution in [2.75, 3.05) is 47.5 Å². The van der Waals surface area contributed by atoms with Crippen LogP contribution < -0.4 is 0 Å². The standard InChI is InChI=1S/C84H145NO8/c1-6-8-10-12-14-16-18-20-22-24-26-28-30-32-34-36-37-38-39-40-41-42-43-44-45-47-49-51-53-55-57-59-61-63-65-67-69-71-73-75-82(87)93-80(79-92-84(83(88)89)90-77-76-85(3,4)5)78-91-81(86)74-72-70-68-66-64-62-60-58-56-54-52-50-48-46-35-33-31-29-27-25-23-21-19-17-15-13-11-9-7-2/h8,10,14,16,19-22,25-28,32,34,37-38,40-41,43-44,80,84H,6-7,9,11-13,15,17-18,23-24,29-31,33,35-36,39,42,45-79H2,1-5H3/p+1/b10-8-,16-14-,21-19-,22-20-,27-25-,28-26-,34-32-,38-37-,41-40-,44-43-. The topological polar surface area (TPSA) is 108 Å². The van der Waals surface area contributed by atoms with Crippen LogP contribution in [0, 0.1) is 0 Å². The summed E-state index contributed by atoms with van der Waals surface area (Å²) < 4.78 is 23.0. The molecule has 0 saturated heterocycles. The van der Waals surface area contributed by atoms with Crippen molar-refractivity contribution in [3.63, 3.8) is 0 Å². The predicted octanol–water partition coefficient (Wildman–Crippen LogP) is 24.7. The minimum Gasteiger partial charge on any atom is -0.477 e. The van der Waals surface area contributed by atoms with Crippen LogP contribution in [-0.4, -0.2) is 87.4 Å². The molecule has 0 aliphatic rings. The number of aliphatic carboxylic acids is 1. The van der Waals surface area contributed by atoms with Gasteiger partial charge in [0.05, 0.1) is 34.4 Å². The Bertz CT molecular complexity index is 1950. The molecule has 0 aromatic heterocycles. The Morgan fingerprint density at radius 1 is 0.333 bits per heavy atom. The fraction of sp³-hybridized carbons (Fsp3) is 0.726. The molecule has 2 atom stereocenters. The maximum Gasteiger partial charge on any atom is 0.361 e. The van der Waals surface area contributed by atoms with E-state index in [0.29, 0.717) is 17.4 Å². The molecule has 0 aromatic carbocycles. The Morgan fingerprint density at radius 3 is 0.914 bits per heavy atom. The molecule has 534 valence electrons. The van der Waals surface area contributed by atoms with E-state index in [1.54, 1.807) is 0 Å². The third-order valence-corrected chi connectivity index (χ3v) is 16.7. The van der Waals surface area contributed by atoms with Gasteiger partial charge in [0, 0.05) is 12.8 Å². The summed E-state index contributed by atoms with van der Waals surface area (Å²) in [7, 11) is 5.98. The van der Waals surface area contributed by atoms with Gasteiger partial charge in [0.15, 0.2) is 6.10 Å². The average molecular weight is 1300 g/mol. The number of allylic oxidation sites excluding steroid dienone is 20. The molecule has 2 unspecified atom stereocenters. The molecule has 0 aliphatic heterocycles. The number of ether oxygens (including phenoxy) is 4. The monoisotopic (exact) mass is 1300 g/mol. The highest BCUT2D eigenvalue weighted by Crippen LogP contribution is 2.18. The molecule has 0 rings (SSSR count). The number of carbonyl (C=O) groups is 3. The smallest absolute Gasteiger partial charge is 0.361 e. The molecular weight excluding hydrogens is 1150 g/mol. The minimum absolute atomic E-state index is 0.184. The van der Waals surface area contributed by atoms with Gasteiger partial charge in [0.25, 0.3) is 6.29 Å². The summed E-state index contributed by atoms with van der Waals surface area (Å²) in [4.78, 5) is 37.7. The Hall–Kier alpha value is -4.31. The van der Waals surface area contributed by atoms with Gasteiger partial charge in [0.1, 0.15) is 13.2 Å². The first-order valence-corrected chi connectivity index (χ1v) is 38.7. The van der Waals surface area contributed by atoms with Crippen molar-refractivity contribution in [2.24, 2.45) is 0 Å². The van der Waals surface area contributed by atoms with E-state index >= 15 is 0 Å². The number of rotatable bonds is 71. The number of likely N-dealkylation sites (N-methyl/N-ethyl adjacent to an activating group) is 1. The first-order chi connectivity index (χ1) is 45.6. The molecule has 0 bridgehead atoms. The lowest BCUT2D eigenvalue weighted by Gasteiger charge is -2.25. The molecule has 9 nitrogen and oxygen atoms in total. The van der Waals surface area contributed by atoms with E-state index < -0.39 is 24.3 Å².